The van der Waals surface area contributed by atoms with Gasteiger partial charge in [0.25, 0.3) is 0 Å². The topological polar surface area (TPSA) is 52.5 Å². The fourth-order valence-corrected chi connectivity index (χ4v) is 2.51. The highest BCUT2D eigenvalue weighted by molar-refractivity contribution is 5.28. The predicted octanol–water partition coefficient (Wildman–Crippen LogP) is 1.78. The van der Waals surface area contributed by atoms with Gasteiger partial charge in [-0.15, -0.1) is 0 Å². The SMILES string of the molecule is OCC1CCCC1NCc1cc(O)cc(F)c1. The van der Waals surface area contributed by atoms with Gasteiger partial charge >= 0.3 is 0 Å². The van der Waals surface area contributed by atoms with Crippen molar-refractivity contribution in [1.29, 1.82) is 0 Å². The Hall–Kier alpha value is -1.13. The second kappa shape index (κ2) is 5.47. The van der Waals surface area contributed by atoms with Crippen molar-refractivity contribution in [1.82, 2.24) is 5.32 Å². The van der Waals surface area contributed by atoms with E-state index in [1.165, 1.54) is 6.07 Å². The minimum atomic E-state index is -0.424. The average molecular weight is 239 g/mol. The first-order chi connectivity index (χ1) is 8.19. The van der Waals surface area contributed by atoms with Gasteiger partial charge in [-0.3, -0.25) is 0 Å². The number of aliphatic hydroxyl groups excluding tert-OH is 1. The summed E-state index contributed by atoms with van der Waals surface area (Å²) in [5.41, 5.74) is 0.728. The van der Waals surface area contributed by atoms with Crippen LogP contribution in [0.4, 0.5) is 4.39 Å². The first kappa shape index (κ1) is 12.3. The molecule has 1 fully saturated rings. The summed E-state index contributed by atoms with van der Waals surface area (Å²) in [4.78, 5) is 0. The smallest absolute Gasteiger partial charge is 0.127 e. The highest BCUT2D eigenvalue weighted by Crippen LogP contribution is 2.25. The zero-order valence-corrected chi connectivity index (χ0v) is 9.69. The van der Waals surface area contributed by atoms with Crippen LogP contribution in [-0.2, 0) is 6.54 Å². The molecule has 0 heterocycles. The highest BCUT2D eigenvalue weighted by Gasteiger charge is 2.25. The van der Waals surface area contributed by atoms with Gasteiger partial charge in [-0.05, 0) is 36.5 Å². The van der Waals surface area contributed by atoms with Gasteiger partial charge in [0.2, 0.25) is 0 Å². The lowest BCUT2D eigenvalue weighted by atomic mass is 10.0. The van der Waals surface area contributed by atoms with Gasteiger partial charge in [0, 0.05) is 25.3 Å². The van der Waals surface area contributed by atoms with E-state index in [0.717, 1.165) is 30.9 Å². The van der Waals surface area contributed by atoms with Crippen molar-refractivity contribution < 1.29 is 14.6 Å². The van der Waals surface area contributed by atoms with Crippen molar-refractivity contribution in [2.24, 2.45) is 5.92 Å². The number of hydrogen-bond acceptors (Lipinski definition) is 3. The number of phenols is 1. The molecule has 1 aromatic rings. The second-order valence-electron chi connectivity index (χ2n) is 4.68. The summed E-state index contributed by atoms with van der Waals surface area (Å²) in [6.45, 7) is 0.721. The third-order valence-corrected chi connectivity index (χ3v) is 3.40. The van der Waals surface area contributed by atoms with Crippen molar-refractivity contribution in [2.45, 2.75) is 31.8 Å². The number of aromatic hydroxyl groups is 1. The Morgan fingerprint density at radius 1 is 1.29 bits per heavy atom. The van der Waals surface area contributed by atoms with E-state index in [1.807, 2.05) is 0 Å². The van der Waals surface area contributed by atoms with Gasteiger partial charge in [0.15, 0.2) is 0 Å². The zero-order chi connectivity index (χ0) is 12.3. The summed E-state index contributed by atoms with van der Waals surface area (Å²) in [6.07, 6.45) is 3.21. The molecule has 2 unspecified atom stereocenters. The number of benzene rings is 1. The number of halogens is 1. The summed E-state index contributed by atoms with van der Waals surface area (Å²) in [6, 6.07) is 4.36. The number of hydrogen-bond donors (Lipinski definition) is 3. The lowest BCUT2D eigenvalue weighted by Crippen LogP contribution is -2.33. The van der Waals surface area contributed by atoms with Gasteiger partial charge in [-0.25, -0.2) is 4.39 Å². The molecule has 17 heavy (non-hydrogen) atoms. The number of phenolic OH excluding ortho intramolecular Hbond substituents is 1. The standard InChI is InChI=1S/C13H18FNO2/c14-11-4-9(5-12(17)6-11)7-15-13-3-1-2-10(13)8-16/h4-6,10,13,15-17H,1-3,7-8H2. The Kier molecular flexibility index (Phi) is 3.97. The first-order valence-corrected chi connectivity index (χ1v) is 6.01. The van der Waals surface area contributed by atoms with E-state index in [-0.39, 0.29) is 12.4 Å². The third-order valence-electron chi connectivity index (χ3n) is 3.40. The summed E-state index contributed by atoms with van der Waals surface area (Å²) in [5, 5.41) is 21.8. The fraction of sp³-hybridized carbons (Fsp3) is 0.538. The van der Waals surface area contributed by atoms with E-state index in [4.69, 9.17) is 0 Å². The summed E-state index contributed by atoms with van der Waals surface area (Å²) in [7, 11) is 0. The zero-order valence-electron chi connectivity index (χ0n) is 9.69. The van der Waals surface area contributed by atoms with E-state index in [1.54, 1.807) is 6.07 Å². The molecule has 0 spiro atoms. The van der Waals surface area contributed by atoms with Crippen LogP contribution >= 0.6 is 0 Å². The largest absolute Gasteiger partial charge is 0.508 e. The van der Waals surface area contributed by atoms with Crippen LogP contribution < -0.4 is 5.32 Å². The summed E-state index contributed by atoms with van der Waals surface area (Å²) >= 11 is 0. The molecule has 0 aromatic heterocycles. The fourth-order valence-electron chi connectivity index (χ4n) is 2.51. The van der Waals surface area contributed by atoms with Gasteiger partial charge in [0.1, 0.15) is 11.6 Å². The van der Waals surface area contributed by atoms with Gasteiger partial charge < -0.3 is 15.5 Å². The highest BCUT2D eigenvalue weighted by atomic mass is 19.1. The van der Waals surface area contributed by atoms with Gasteiger partial charge in [-0.1, -0.05) is 6.42 Å². The molecule has 0 radical (unpaired) electrons. The summed E-state index contributed by atoms with van der Waals surface area (Å²) in [5.74, 6) is -0.170. The molecule has 3 nitrogen and oxygen atoms in total. The van der Waals surface area contributed by atoms with E-state index in [0.29, 0.717) is 18.5 Å². The molecule has 1 saturated carbocycles. The quantitative estimate of drug-likeness (QED) is 0.750. The maximum Gasteiger partial charge on any atom is 0.127 e. The van der Waals surface area contributed by atoms with Gasteiger partial charge in [-0.2, -0.15) is 0 Å². The predicted molar refractivity (Wildman–Crippen MR) is 63.1 cm³/mol. The molecule has 2 rings (SSSR count). The average Bonchev–Trinajstić information content (AvgIpc) is 2.72. The van der Waals surface area contributed by atoms with Crippen LogP contribution in [0.25, 0.3) is 0 Å². The van der Waals surface area contributed by atoms with E-state index < -0.39 is 5.82 Å². The molecule has 4 heteroatoms. The molecular formula is C13H18FNO2. The first-order valence-electron chi connectivity index (χ1n) is 6.01. The van der Waals surface area contributed by atoms with E-state index in [9.17, 15) is 14.6 Å². The normalized spacial score (nSPS) is 24.1. The lowest BCUT2D eigenvalue weighted by Gasteiger charge is -2.19. The van der Waals surface area contributed by atoms with Crippen LogP contribution in [0.1, 0.15) is 24.8 Å². The van der Waals surface area contributed by atoms with Crippen molar-refractivity contribution in [3.8, 4) is 5.75 Å². The van der Waals surface area contributed by atoms with Crippen molar-refractivity contribution in [2.75, 3.05) is 6.61 Å². The minimum absolute atomic E-state index is 0.0491. The van der Waals surface area contributed by atoms with Gasteiger partial charge in [0.05, 0.1) is 0 Å². The maximum absolute atomic E-state index is 13.0. The molecular weight excluding hydrogens is 221 g/mol. The molecule has 0 saturated heterocycles. The van der Waals surface area contributed by atoms with Crippen molar-refractivity contribution in [3.63, 3.8) is 0 Å². The monoisotopic (exact) mass is 239 g/mol. The van der Waals surface area contributed by atoms with Crippen LogP contribution in [0.2, 0.25) is 0 Å². The van der Waals surface area contributed by atoms with E-state index >= 15 is 0 Å². The Balaban J connectivity index is 1.93. The third kappa shape index (κ3) is 3.17. The summed E-state index contributed by atoms with van der Waals surface area (Å²) < 4.78 is 13.0. The van der Waals surface area contributed by atoms with Crippen molar-refractivity contribution in [3.05, 3.63) is 29.6 Å². The molecule has 1 aliphatic carbocycles. The Morgan fingerprint density at radius 2 is 2.12 bits per heavy atom. The van der Waals surface area contributed by atoms with Crippen LogP contribution in [-0.4, -0.2) is 22.9 Å². The molecule has 1 aliphatic rings. The van der Waals surface area contributed by atoms with E-state index in [2.05, 4.69) is 5.32 Å². The lowest BCUT2D eigenvalue weighted by molar-refractivity contribution is 0.205. The molecule has 0 aliphatic heterocycles. The number of rotatable bonds is 4. The van der Waals surface area contributed by atoms with Crippen LogP contribution in [0.15, 0.2) is 18.2 Å². The van der Waals surface area contributed by atoms with Crippen LogP contribution in [0.5, 0.6) is 5.75 Å². The Labute approximate surface area is 100 Å². The molecule has 3 N–H and O–H groups in total. The molecule has 2 atom stereocenters. The van der Waals surface area contributed by atoms with Crippen molar-refractivity contribution >= 4 is 0 Å². The van der Waals surface area contributed by atoms with Crippen LogP contribution in [0.3, 0.4) is 0 Å². The molecule has 0 bridgehead atoms. The second-order valence-corrected chi connectivity index (χ2v) is 4.68. The Bertz CT molecular complexity index is 363. The van der Waals surface area contributed by atoms with Crippen LogP contribution in [0, 0.1) is 11.7 Å². The number of aliphatic hydroxyl groups is 1. The maximum atomic E-state index is 13.0. The molecule has 0 amide bonds. The molecule has 94 valence electrons. The minimum Gasteiger partial charge on any atom is -0.508 e. The Morgan fingerprint density at radius 3 is 2.82 bits per heavy atom. The number of nitrogens with one attached hydrogen (secondary N) is 1. The molecule has 1 aromatic carbocycles.